The molecular weight excluding hydrogens is 274 g/mol. The van der Waals surface area contributed by atoms with Gasteiger partial charge in [0.2, 0.25) is 0 Å². The van der Waals surface area contributed by atoms with E-state index in [1.807, 2.05) is 0 Å². The Kier molecular flexibility index (Phi) is 4.95. The maximum Gasteiger partial charge on any atom is 0.287 e. The lowest BCUT2D eigenvalue weighted by atomic mass is 10.2. The number of nitro groups is 1. The Morgan fingerprint density at radius 3 is 2.60 bits per heavy atom. The Bertz CT molecular complexity index is 570. The van der Waals surface area contributed by atoms with E-state index in [0.29, 0.717) is 5.82 Å². The minimum absolute atomic E-state index is 0.00424. The van der Waals surface area contributed by atoms with Crippen LogP contribution in [0.15, 0.2) is 47.5 Å². The largest absolute Gasteiger partial charge is 0.369 e. The predicted molar refractivity (Wildman–Crippen MR) is 81.3 cm³/mol. The number of nitrogens with one attached hydrogen (secondary N) is 1. The van der Waals surface area contributed by atoms with Gasteiger partial charge in [0.05, 0.1) is 4.92 Å². The smallest absolute Gasteiger partial charge is 0.287 e. The monoisotopic (exact) mass is 289 g/mol. The van der Waals surface area contributed by atoms with Crippen molar-refractivity contribution in [1.82, 2.24) is 4.98 Å². The number of hydrogen-bond acceptors (Lipinski definition) is 5. The van der Waals surface area contributed by atoms with Crippen molar-refractivity contribution in [2.24, 2.45) is 0 Å². The molecule has 0 fully saturated rings. The Morgan fingerprint density at radius 2 is 2.00 bits per heavy atom. The predicted octanol–water partition coefficient (Wildman–Crippen LogP) is 3.50. The van der Waals surface area contributed by atoms with Gasteiger partial charge in [0.1, 0.15) is 12.0 Å². The van der Waals surface area contributed by atoms with Gasteiger partial charge in [0.25, 0.3) is 5.69 Å². The van der Waals surface area contributed by atoms with Crippen molar-refractivity contribution in [3.05, 3.63) is 58.3 Å². The topological polar surface area (TPSA) is 68.1 Å². The summed E-state index contributed by atoms with van der Waals surface area (Å²) in [6.45, 7) is 2.82. The summed E-state index contributed by atoms with van der Waals surface area (Å²) in [7, 11) is 0. The normalized spacial score (nSPS) is 10.2. The molecule has 0 spiro atoms. The number of pyridine rings is 1. The molecule has 1 heterocycles. The van der Waals surface area contributed by atoms with Crippen LogP contribution < -0.4 is 5.32 Å². The van der Waals surface area contributed by atoms with Crippen molar-refractivity contribution in [2.45, 2.75) is 11.8 Å². The summed E-state index contributed by atoms with van der Waals surface area (Å²) in [5.74, 6) is 1.56. The van der Waals surface area contributed by atoms with E-state index >= 15 is 0 Å². The summed E-state index contributed by atoms with van der Waals surface area (Å²) < 4.78 is 0. The van der Waals surface area contributed by atoms with Crippen LogP contribution in [-0.4, -0.2) is 22.2 Å². The van der Waals surface area contributed by atoms with E-state index in [-0.39, 0.29) is 5.69 Å². The quantitative estimate of drug-likeness (QED) is 0.381. The maximum atomic E-state index is 10.5. The molecule has 1 aromatic heterocycles. The lowest BCUT2D eigenvalue weighted by Gasteiger charge is -2.05. The van der Waals surface area contributed by atoms with Crippen molar-refractivity contribution in [1.29, 1.82) is 0 Å². The van der Waals surface area contributed by atoms with E-state index in [4.69, 9.17) is 0 Å². The van der Waals surface area contributed by atoms with Crippen LogP contribution in [0, 0.1) is 17.0 Å². The number of aryl methyl sites for hydroxylation is 1. The van der Waals surface area contributed by atoms with E-state index in [9.17, 15) is 10.1 Å². The number of thioether (sulfide) groups is 1. The molecule has 0 atom stereocenters. The minimum atomic E-state index is -0.454. The molecule has 6 heteroatoms. The zero-order valence-electron chi connectivity index (χ0n) is 11.1. The molecule has 2 aromatic rings. The van der Waals surface area contributed by atoms with Gasteiger partial charge < -0.3 is 5.32 Å². The Balaban J connectivity index is 1.75. The van der Waals surface area contributed by atoms with Gasteiger partial charge in [-0.05, 0) is 25.1 Å². The minimum Gasteiger partial charge on any atom is -0.369 e. The second-order valence-electron chi connectivity index (χ2n) is 4.25. The van der Waals surface area contributed by atoms with Crippen LogP contribution in [0.25, 0.3) is 0 Å². The van der Waals surface area contributed by atoms with E-state index < -0.39 is 4.92 Å². The number of aromatic nitrogens is 1. The highest BCUT2D eigenvalue weighted by Crippen LogP contribution is 2.18. The van der Waals surface area contributed by atoms with Gasteiger partial charge in [-0.1, -0.05) is 17.7 Å². The molecule has 0 bridgehead atoms. The Labute approximate surface area is 121 Å². The van der Waals surface area contributed by atoms with Crippen LogP contribution in [0.3, 0.4) is 0 Å². The summed E-state index contributed by atoms with van der Waals surface area (Å²) in [4.78, 5) is 15.3. The fourth-order valence-electron chi connectivity index (χ4n) is 1.58. The molecule has 104 valence electrons. The highest BCUT2D eigenvalue weighted by molar-refractivity contribution is 7.99. The van der Waals surface area contributed by atoms with Crippen LogP contribution in [0.1, 0.15) is 5.56 Å². The third kappa shape index (κ3) is 4.24. The van der Waals surface area contributed by atoms with Gasteiger partial charge in [-0.2, -0.15) is 0 Å². The average Bonchev–Trinajstić information content (AvgIpc) is 2.46. The van der Waals surface area contributed by atoms with E-state index in [2.05, 4.69) is 41.5 Å². The molecule has 0 amide bonds. The molecular formula is C14H15N3O2S. The fraction of sp³-hybridized carbons (Fsp3) is 0.214. The van der Waals surface area contributed by atoms with Crippen LogP contribution in [0.4, 0.5) is 11.5 Å². The molecule has 0 aliphatic heterocycles. The second-order valence-corrected chi connectivity index (χ2v) is 5.42. The molecule has 2 rings (SSSR count). The molecule has 1 aromatic carbocycles. The first-order chi connectivity index (χ1) is 9.65. The van der Waals surface area contributed by atoms with Gasteiger partial charge in [-0.3, -0.25) is 10.1 Å². The molecule has 0 aliphatic rings. The third-order valence-corrected chi connectivity index (χ3v) is 3.67. The van der Waals surface area contributed by atoms with Crippen molar-refractivity contribution >= 4 is 23.3 Å². The van der Waals surface area contributed by atoms with Crippen LogP contribution in [0.2, 0.25) is 0 Å². The summed E-state index contributed by atoms with van der Waals surface area (Å²) in [6.07, 6.45) is 1.26. The number of nitrogens with zero attached hydrogens (tertiary/aromatic N) is 2. The summed E-state index contributed by atoms with van der Waals surface area (Å²) in [5.41, 5.74) is 1.26. The summed E-state index contributed by atoms with van der Waals surface area (Å²) in [6, 6.07) is 11.5. The zero-order valence-corrected chi connectivity index (χ0v) is 11.9. The van der Waals surface area contributed by atoms with Crippen LogP contribution in [0.5, 0.6) is 0 Å². The number of anilines is 1. The third-order valence-electron chi connectivity index (χ3n) is 2.66. The number of rotatable bonds is 6. The van der Waals surface area contributed by atoms with E-state index in [1.54, 1.807) is 17.8 Å². The number of benzene rings is 1. The highest BCUT2D eigenvalue weighted by Gasteiger charge is 2.04. The molecule has 0 saturated heterocycles. The van der Waals surface area contributed by atoms with Gasteiger partial charge in [0, 0.05) is 23.3 Å². The molecule has 20 heavy (non-hydrogen) atoms. The van der Waals surface area contributed by atoms with Gasteiger partial charge in [-0.25, -0.2) is 4.98 Å². The van der Waals surface area contributed by atoms with Crippen LogP contribution >= 0.6 is 11.8 Å². The first kappa shape index (κ1) is 14.3. The fourth-order valence-corrected chi connectivity index (χ4v) is 2.35. The first-order valence-corrected chi connectivity index (χ1v) is 7.17. The maximum absolute atomic E-state index is 10.5. The lowest BCUT2D eigenvalue weighted by Crippen LogP contribution is -2.05. The highest BCUT2D eigenvalue weighted by atomic mass is 32.2. The Hall–Kier alpha value is -2.08. The summed E-state index contributed by atoms with van der Waals surface area (Å²) in [5, 5.41) is 13.6. The van der Waals surface area contributed by atoms with Gasteiger partial charge in [-0.15, -0.1) is 11.8 Å². The molecule has 0 aliphatic carbocycles. The van der Waals surface area contributed by atoms with Crippen molar-refractivity contribution < 1.29 is 4.92 Å². The zero-order chi connectivity index (χ0) is 14.4. The lowest BCUT2D eigenvalue weighted by molar-refractivity contribution is -0.385. The second kappa shape index (κ2) is 6.91. The summed E-state index contributed by atoms with van der Waals surface area (Å²) >= 11 is 1.76. The number of hydrogen-bond donors (Lipinski definition) is 1. The first-order valence-electron chi connectivity index (χ1n) is 6.19. The van der Waals surface area contributed by atoms with E-state index in [0.717, 1.165) is 12.3 Å². The molecule has 5 nitrogen and oxygen atoms in total. The van der Waals surface area contributed by atoms with E-state index in [1.165, 1.54) is 22.7 Å². The van der Waals surface area contributed by atoms with Gasteiger partial charge in [0.15, 0.2) is 0 Å². The van der Waals surface area contributed by atoms with Crippen molar-refractivity contribution in [2.75, 3.05) is 17.6 Å². The van der Waals surface area contributed by atoms with Crippen molar-refractivity contribution in [3.63, 3.8) is 0 Å². The Morgan fingerprint density at radius 1 is 1.25 bits per heavy atom. The SMILES string of the molecule is Cc1ccc(SCCNc2ccc([N+](=O)[O-])cn2)cc1. The standard InChI is InChI=1S/C14H15N3O2S/c1-11-2-5-13(6-3-11)20-9-8-15-14-7-4-12(10-16-14)17(18)19/h2-7,10H,8-9H2,1H3,(H,15,16). The molecule has 0 unspecified atom stereocenters. The van der Waals surface area contributed by atoms with Crippen LogP contribution in [-0.2, 0) is 0 Å². The molecule has 0 saturated carbocycles. The van der Waals surface area contributed by atoms with Crippen molar-refractivity contribution in [3.8, 4) is 0 Å². The molecule has 1 N–H and O–H groups in total. The molecule has 0 radical (unpaired) electrons. The van der Waals surface area contributed by atoms with Gasteiger partial charge >= 0.3 is 0 Å². The average molecular weight is 289 g/mol.